The Morgan fingerprint density at radius 1 is 1.19 bits per heavy atom. The van der Waals surface area contributed by atoms with Crippen molar-refractivity contribution in [3.8, 4) is 5.69 Å². The molecular formula is C20H21N3O2S. The molecule has 0 radical (unpaired) electrons. The van der Waals surface area contributed by atoms with Gasteiger partial charge in [-0.15, -0.1) is 0 Å². The molecule has 0 spiro atoms. The normalized spacial score (nSPS) is 12.1. The third-order valence-corrected chi connectivity index (χ3v) is 4.67. The maximum Gasteiger partial charge on any atom is 0.266 e. The van der Waals surface area contributed by atoms with E-state index >= 15 is 0 Å². The number of nitrogens with zero attached hydrogens (tertiary/aromatic N) is 1. The average Bonchev–Trinajstić information content (AvgIpc) is 2.63. The fourth-order valence-electron chi connectivity index (χ4n) is 2.77. The highest BCUT2D eigenvalue weighted by molar-refractivity contribution is 7.71. The number of hydrogen-bond donors (Lipinski definition) is 2. The van der Waals surface area contributed by atoms with E-state index in [1.807, 2.05) is 56.3 Å². The number of aromatic amines is 1. The molecule has 26 heavy (non-hydrogen) atoms. The lowest BCUT2D eigenvalue weighted by Gasteiger charge is -2.12. The number of para-hydroxylation sites is 1. The molecule has 2 N–H and O–H groups in total. The largest absolute Gasteiger partial charge is 0.353 e. The van der Waals surface area contributed by atoms with Gasteiger partial charge in [0.2, 0.25) is 5.91 Å². The summed E-state index contributed by atoms with van der Waals surface area (Å²) in [5.74, 6) is -0.00716. The van der Waals surface area contributed by atoms with Gasteiger partial charge in [0.05, 0.1) is 23.0 Å². The predicted octanol–water partition coefficient (Wildman–Crippen LogP) is 3.51. The Kier molecular flexibility index (Phi) is 5.32. The van der Waals surface area contributed by atoms with Gasteiger partial charge in [-0.25, -0.2) is 0 Å². The molecule has 0 unspecified atom stereocenters. The average molecular weight is 367 g/mol. The molecule has 1 heterocycles. The van der Waals surface area contributed by atoms with Crippen molar-refractivity contribution in [2.75, 3.05) is 0 Å². The molecule has 2 aromatic carbocycles. The van der Waals surface area contributed by atoms with Crippen LogP contribution in [0.5, 0.6) is 0 Å². The highest BCUT2D eigenvalue weighted by atomic mass is 32.1. The van der Waals surface area contributed by atoms with Crippen LogP contribution in [-0.2, 0) is 11.2 Å². The molecule has 5 nitrogen and oxygen atoms in total. The summed E-state index contributed by atoms with van der Waals surface area (Å²) in [6.07, 6.45) is 1.21. The lowest BCUT2D eigenvalue weighted by atomic mass is 10.1. The molecule has 0 saturated carbocycles. The molecule has 0 aliphatic carbocycles. The summed E-state index contributed by atoms with van der Waals surface area (Å²) in [7, 11) is 0. The smallest absolute Gasteiger partial charge is 0.266 e. The molecule has 3 rings (SSSR count). The Bertz CT molecular complexity index is 1050. The Morgan fingerprint density at radius 2 is 1.88 bits per heavy atom. The lowest BCUT2D eigenvalue weighted by Crippen LogP contribution is -2.33. The van der Waals surface area contributed by atoms with Gasteiger partial charge in [-0.2, -0.15) is 0 Å². The zero-order valence-corrected chi connectivity index (χ0v) is 15.6. The predicted molar refractivity (Wildman–Crippen MR) is 106 cm³/mol. The Balaban J connectivity index is 1.90. The minimum Gasteiger partial charge on any atom is -0.353 e. The molecule has 0 fully saturated rings. The van der Waals surface area contributed by atoms with Crippen molar-refractivity contribution in [2.24, 2.45) is 0 Å². The van der Waals surface area contributed by atoms with E-state index in [4.69, 9.17) is 12.2 Å². The molecule has 1 amide bonds. The third kappa shape index (κ3) is 3.75. The highest BCUT2D eigenvalue weighted by Crippen LogP contribution is 2.12. The van der Waals surface area contributed by atoms with Gasteiger partial charge in [-0.1, -0.05) is 31.2 Å². The van der Waals surface area contributed by atoms with Crippen LogP contribution in [0.2, 0.25) is 0 Å². The number of amides is 1. The monoisotopic (exact) mass is 367 g/mol. The lowest BCUT2D eigenvalue weighted by molar-refractivity contribution is -0.121. The first kappa shape index (κ1) is 18.1. The molecule has 134 valence electrons. The van der Waals surface area contributed by atoms with E-state index in [0.29, 0.717) is 22.3 Å². The van der Waals surface area contributed by atoms with E-state index in [1.165, 1.54) is 4.57 Å². The molecule has 0 aliphatic rings. The van der Waals surface area contributed by atoms with Gasteiger partial charge >= 0.3 is 0 Å². The molecule has 0 bridgehead atoms. The molecule has 0 saturated heterocycles. The maximum absolute atomic E-state index is 12.8. The first-order valence-electron chi connectivity index (χ1n) is 8.62. The van der Waals surface area contributed by atoms with Gasteiger partial charge in [-0.3, -0.25) is 14.2 Å². The SMILES string of the molecule is CC[C@@H](C)NC(=O)Cc1ccc(-n2c(=S)[nH]c3ccccc3c2=O)cc1. The number of benzene rings is 2. The van der Waals surface area contributed by atoms with Gasteiger partial charge in [0, 0.05) is 6.04 Å². The van der Waals surface area contributed by atoms with E-state index in [2.05, 4.69) is 10.3 Å². The standard InChI is InChI=1S/C20H21N3O2S/c1-3-13(2)21-18(24)12-14-8-10-15(11-9-14)23-19(25)16-6-4-5-7-17(16)22-20(23)26/h4-11,13H,3,12H2,1-2H3,(H,21,24)(H,22,26)/t13-/m1/s1. The number of nitrogens with one attached hydrogen (secondary N) is 2. The second-order valence-electron chi connectivity index (χ2n) is 6.34. The molecule has 0 aliphatic heterocycles. The van der Waals surface area contributed by atoms with Crippen molar-refractivity contribution in [1.29, 1.82) is 0 Å². The zero-order chi connectivity index (χ0) is 18.7. The van der Waals surface area contributed by atoms with E-state index in [-0.39, 0.29) is 17.5 Å². The fraction of sp³-hybridized carbons (Fsp3) is 0.250. The number of carbonyl (C=O) groups excluding carboxylic acids is 1. The van der Waals surface area contributed by atoms with Crippen molar-refractivity contribution in [1.82, 2.24) is 14.9 Å². The molecule has 1 atom stereocenters. The number of rotatable bonds is 5. The van der Waals surface area contributed by atoms with Crippen molar-refractivity contribution in [3.63, 3.8) is 0 Å². The number of fused-ring (bicyclic) bond motifs is 1. The van der Waals surface area contributed by atoms with Gasteiger partial charge in [0.1, 0.15) is 0 Å². The van der Waals surface area contributed by atoms with Gasteiger partial charge < -0.3 is 10.3 Å². The Labute approximate surface area is 156 Å². The van der Waals surface area contributed by atoms with Gasteiger partial charge in [0.15, 0.2) is 4.77 Å². The van der Waals surface area contributed by atoms with Crippen LogP contribution in [0.4, 0.5) is 0 Å². The first-order valence-corrected chi connectivity index (χ1v) is 9.03. The van der Waals surface area contributed by atoms with Crippen LogP contribution in [0.15, 0.2) is 53.3 Å². The number of aromatic nitrogens is 2. The van der Waals surface area contributed by atoms with E-state index in [9.17, 15) is 9.59 Å². The van der Waals surface area contributed by atoms with Crippen molar-refractivity contribution < 1.29 is 4.79 Å². The fourth-order valence-corrected chi connectivity index (χ4v) is 3.07. The molecule has 3 aromatic rings. The minimum atomic E-state index is -0.161. The van der Waals surface area contributed by atoms with Gasteiger partial charge in [0.25, 0.3) is 5.56 Å². The van der Waals surface area contributed by atoms with E-state index < -0.39 is 0 Å². The maximum atomic E-state index is 12.8. The summed E-state index contributed by atoms with van der Waals surface area (Å²) in [4.78, 5) is 27.9. The number of hydrogen-bond acceptors (Lipinski definition) is 3. The topological polar surface area (TPSA) is 66.9 Å². The number of H-pyrrole nitrogens is 1. The van der Waals surface area contributed by atoms with E-state index in [1.54, 1.807) is 6.07 Å². The Hall–Kier alpha value is -2.73. The van der Waals surface area contributed by atoms with Crippen molar-refractivity contribution in [3.05, 3.63) is 69.2 Å². The van der Waals surface area contributed by atoms with Crippen molar-refractivity contribution >= 4 is 29.0 Å². The zero-order valence-electron chi connectivity index (χ0n) is 14.8. The van der Waals surface area contributed by atoms with Crippen LogP contribution in [0.3, 0.4) is 0 Å². The van der Waals surface area contributed by atoms with Crippen LogP contribution < -0.4 is 10.9 Å². The Morgan fingerprint density at radius 3 is 2.58 bits per heavy atom. The van der Waals surface area contributed by atoms with Crippen LogP contribution in [0.25, 0.3) is 16.6 Å². The highest BCUT2D eigenvalue weighted by Gasteiger charge is 2.09. The summed E-state index contributed by atoms with van der Waals surface area (Å²) in [5, 5.41) is 3.53. The molecular weight excluding hydrogens is 346 g/mol. The van der Waals surface area contributed by atoms with Crippen molar-refractivity contribution in [2.45, 2.75) is 32.7 Å². The first-order chi connectivity index (χ1) is 12.5. The summed E-state index contributed by atoms with van der Waals surface area (Å²) in [5.41, 5.74) is 2.12. The van der Waals surface area contributed by atoms with Gasteiger partial charge in [-0.05, 0) is 55.4 Å². The quantitative estimate of drug-likeness (QED) is 0.678. The summed E-state index contributed by atoms with van der Waals surface area (Å²) in [6.45, 7) is 4.01. The molecule has 6 heteroatoms. The van der Waals surface area contributed by atoms with Crippen LogP contribution >= 0.6 is 12.2 Å². The molecule has 1 aromatic heterocycles. The van der Waals surface area contributed by atoms with Crippen LogP contribution in [0.1, 0.15) is 25.8 Å². The van der Waals surface area contributed by atoms with E-state index in [0.717, 1.165) is 17.5 Å². The van der Waals surface area contributed by atoms with Crippen LogP contribution in [0, 0.1) is 4.77 Å². The second-order valence-corrected chi connectivity index (χ2v) is 6.72. The summed E-state index contributed by atoms with van der Waals surface area (Å²) < 4.78 is 1.82. The summed E-state index contributed by atoms with van der Waals surface area (Å²) >= 11 is 5.36. The second kappa shape index (κ2) is 7.66. The number of carbonyl (C=O) groups is 1. The summed E-state index contributed by atoms with van der Waals surface area (Å²) in [6, 6.07) is 14.8. The van der Waals surface area contributed by atoms with Crippen LogP contribution in [-0.4, -0.2) is 21.5 Å². The minimum absolute atomic E-state index is 0.00716. The third-order valence-electron chi connectivity index (χ3n) is 4.38.